The first-order valence-electron chi connectivity index (χ1n) is 7.41. The number of aromatic hydroxyl groups is 2. The lowest BCUT2D eigenvalue weighted by molar-refractivity contribution is 0.468. The molecule has 0 aliphatic heterocycles. The van der Waals surface area contributed by atoms with Crippen molar-refractivity contribution in [1.29, 1.82) is 0 Å². The minimum absolute atomic E-state index is 0.110. The van der Waals surface area contributed by atoms with Crippen LogP contribution in [0.3, 0.4) is 0 Å². The molecule has 5 aromatic rings. The molecule has 1 aromatic heterocycles. The first-order valence-corrected chi connectivity index (χ1v) is 7.41. The Bertz CT molecular complexity index is 1230. The molecule has 0 saturated carbocycles. The minimum Gasteiger partial charge on any atom is -0.507 e. The Labute approximate surface area is 131 Å². The molecule has 0 fully saturated rings. The number of phenols is 2. The third kappa shape index (κ3) is 1.53. The molecule has 0 radical (unpaired) electrons. The number of hydrogen-bond donors (Lipinski definition) is 2. The highest BCUT2D eigenvalue weighted by Gasteiger charge is 2.17. The summed E-state index contributed by atoms with van der Waals surface area (Å²) in [6.07, 6.45) is 0. The van der Waals surface area contributed by atoms with E-state index in [0.717, 1.165) is 26.9 Å². The summed E-state index contributed by atoms with van der Waals surface area (Å²) in [4.78, 5) is 0. The van der Waals surface area contributed by atoms with Gasteiger partial charge < -0.3 is 14.6 Å². The zero-order chi connectivity index (χ0) is 15.6. The first kappa shape index (κ1) is 12.4. The maximum Gasteiger partial charge on any atom is 0.177 e. The van der Waals surface area contributed by atoms with Gasteiger partial charge >= 0.3 is 0 Å². The van der Waals surface area contributed by atoms with Gasteiger partial charge in [0.05, 0.1) is 5.39 Å². The summed E-state index contributed by atoms with van der Waals surface area (Å²) in [6, 6.07) is 18.9. The number of fused-ring (bicyclic) bond motifs is 7. The van der Waals surface area contributed by atoms with Crippen molar-refractivity contribution in [3.63, 3.8) is 0 Å². The molecule has 23 heavy (non-hydrogen) atoms. The minimum atomic E-state index is 0.110. The average Bonchev–Trinajstić information content (AvgIpc) is 2.95. The van der Waals surface area contributed by atoms with Gasteiger partial charge in [0.15, 0.2) is 11.3 Å². The van der Waals surface area contributed by atoms with E-state index in [0.29, 0.717) is 16.6 Å². The predicted molar refractivity (Wildman–Crippen MR) is 92.1 cm³/mol. The van der Waals surface area contributed by atoms with E-state index in [2.05, 4.69) is 0 Å². The maximum atomic E-state index is 10.4. The summed E-state index contributed by atoms with van der Waals surface area (Å²) in [5.74, 6) is 0.287. The molecule has 4 aromatic carbocycles. The summed E-state index contributed by atoms with van der Waals surface area (Å²) in [5, 5.41) is 25.9. The van der Waals surface area contributed by atoms with Crippen LogP contribution < -0.4 is 0 Å². The van der Waals surface area contributed by atoms with Crippen LogP contribution in [0, 0.1) is 0 Å². The fraction of sp³-hybridized carbons (Fsp3) is 0. The van der Waals surface area contributed by atoms with E-state index in [4.69, 9.17) is 4.42 Å². The molecule has 110 valence electrons. The Kier molecular flexibility index (Phi) is 2.24. The monoisotopic (exact) mass is 300 g/mol. The normalized spacial score (nSPS) is 11.8. The van der Waals surface area contributed by atoms with Crippen LogP contribution in [-0.2, 0) is 0 Å². The highest BCUT2D eigenvalue weighted by atomic mass is 16.4. The molecule has 0 aliphatic rings. The van der Waals surface area contributed by atoms with Crippen LogP contribution in [0.1, 0.15) is 0 Å². The van der Waals surface area contributed by atoms with Crippen LogP contribution in [0.2, 0.25) is 0 Å². The van der Waals surface area contributed by atoms with Crippen molar-refractivity contribution in [1.82, 2.24) is 0 Å². The van der Waals surface area contributed by atoms with Gasteiger partial charge in [-0.15, -0.1) is 0 Å². The fourth-order valence-corrected chi connectivity index (χ4v) is 3.42. The third-order valence-electron chi connectivity index (χ3n) is 4.43. The zero-order valence-corrected chi connectivity index (χ0v) is 12.1. The summed E-state index contributed by atoms with van der Waals surface area (Å²) >= 11 is 0. The molecule has 0 aliphatic carbocycles. The van der Waals surface area contributed by atoms with Crippen LogP contribution in [-0.4, -0.2) is 10.2 Å². The molecule has 0 spiro atoms. The Morgan fingerprint density at radius 1 is 0.609 bits per heavy atom. The third-order valence-corrected chi connectivity index (χ3v) is 4.43. The van der Waals surface area contributed by atoms with Crippen molar-refractivity contribution < 1.29 is 14.6 Å². The number of phenolic OH excluding ortho intramolecular Hbond substituents is 2. The van der Waals surface area contributed by atoms with Gasteiger partial charge in [0.25, 0.3) is 0 Å². The maximum absolute atomic E-state index is 10.4. The van der Waals surface area contributed by atoms with Crippen LogP contribution in [0.25, 0.3) is 43.5 Å². The molecule has 3 nitrogen and oxygen atoms in total. The SMILES string of the molecule is Oc1cc2ccccc2c2c1oc1c2ccc2cccc(O)c21. The van der Waals surface area contributed by atoms with E-state index >= 15 is 0 Å². The van der Waals surface area contributed by atoms with E-state index in [1.165, 1.54) is 0 Å². The van der Waals surface area contributed by atoms with Crippen molar-refractivity contribution in [3.8, 4) is 11.5 Å². The highest BCUT2D eigenvalue weighted by Crippen LogP contribution is 2.43. The number of rotatable bonds is 0. The van der Waals surface area contributed by atoms with Crippen molar-refractivity contribution in [2.24, 2.45) is 0 Å². The Hall–Kier alpha value is -3.20. The fourth-order valence-electron chi connectivity index (χ4n) is 3.42. The quantitative estimate of drug-likeness (QED) is 0.408. The second-order valence-electron chi connectivity index (χ2n) is 5.74. The van der Waals surface area contributed by atoms with Crippen LogP contribution >= 0.6 is 0 Å². The second kappa shape index (κ2) is 4.17. The standard InChI is InChI=1S/C20H12O3/c21-15-7-3-5-11-8-9-14-18-13-6-2-1-4-12(13)10-16(22)20(18)23-19(14)17(11)15/h1-10,21-22H. The van der Waals surface area contributed by atoms with Gasteiger partial charge in [0.2, 0.25) is 0 Å². The lowest BCUT2D eigenvalue weighted by Crippen LogP contribution is -1.76. The summed E-state index contributed by atoms with van der Waals surface area (Å²) in [5.41, 5.74) is 1.05. The van der Waals surface area contributed by atoms with Gasteiger partial charge in [0.1, 0.15) is 11.3 Å². The molecule has 2 N–H and O–H groups in total. The van der Waals surface area contributed by atoms with Crippen LogP contribution in [0.5, 0.6) is 11.5 Å². The first-order chi connectivity index (χ1) is 11.2. The van der Waals surface area contributed by atoms with Gasteiger partial charge in [0, 0.05) is 10.8 Å². The van der Waals surface area contributed by atoms with E-state index in [1.807, 2.05) is 42.5 Å². The Balaban J connectivity index is 2.14. The largest absolute Gasteiger partial charge is 0.507 e. The highest BCUT2D eigenvalue weighted by molar-refractivity contribution is 6.25. The van der Waals surface area contributed by atoms with E-state index in [9.17, 15) is 10.2 Å². The molecule has 0 bridgehead atoms. The van der Waals surface area contributed by atoms with Gasteiger partial charge in [-0.25, -0.2) is 0 Å². The van der Waals surface area contributed by atoms with Crippen molar-refractivity contribution >= 4 is 43.5 Å². The molecule has 1 heterocycles. The van der Waals surface area contributed by atoms with E-state index < -0.39 is 0 Å². The number of furan rings is 1. The molecular formula is C20H12O3. The van der Waals surface area contributed by atoms with Gasteiger partial charge in [-0.1, -0.05) is 42.5 Å². The molecular weight excluding hydrogens is 288 g/mol. The molecule has 0 atom stereocenters. The van der Waals surface area contributed by atoms with Crippen LogP contribution in [0.4, 0.5) is 0 Å². The molecule has 0 amide bonds. The summed E-state index contributed by atoms with van der Waals surface area (Å²) in [6.45, 7) is 0. The van der Waals surface area contributed by atoms with Gasteiger partial charge in [-0.2, -0.15) is 0 Å². The molecule has 3 heteroatoms. The van der Waals surface area contributed by atoms with Gasteiger partial charge in [-0.05, 0) is 34.4 Å². The topological polar surface area (TPSA) is 53.6 Å². The smallest absolute Gasteiger partial charge is 0.177 e. The molecule has 5 rings (SSSR count). The predicted octanol–water partition coefficient (Wildman–Crippen LogP) is 5.30. The van der Waals surface area contributed by atoms with Crippen molar-refractivity contribution in [3.05, 3.63) is 60.7 Å². The molecule has 0 unspecified atom stereocenters. The van der Waals surface area contributed by atoms with E-state index in [-0.39, 0.29) is 11.5 Å². The van der Waals surface area contributed by atoms with Gasteiger partial charge in [-0.3, -0.25) is 0 Å². The van der Waals surface area contributed by atoms with Crippen LogP contribution in [0.15, 0.2) is 65.1 Å². The van der Waals surface area contributed by atoms with Crippen molar-refractivity contribution in [2.45, 2.75) is 0 Å². The Morgan fingerprint density at radius 2 is 1.43 bits per heavy atom. The zero-order valence-electron chi connectivity index (χ0n) is 12.1. The number of benzene rings is 4. The second-order valence-corrected chi connectivity index (χ2v) is 5.74. The lowest BCUT2D eigenvalue weighted by atomic mass is 10.0. The number of hydrogen-bond acceptors (Lipinski definition) is 3. The van der Waals surface area contributed by atoms with E-state index in [1.54, 1.807) is 18.2 Å². The summed E-state index contributed by atoms with van der Waals surface area (Å²) < 4.78 is 5.98. The lowest BCUT2D eigenvalue weighted by Gasteiger charge is -2.02. The molecule has 0 saturated heterocycles. The summed E-state index contributed by atoms with van der Waals surface area (Å²) in [7, 11) is 0. The Morgan fingerprint density at radius 3 is 2.35 bits per heavy atom. The average molecular weight is 300 g/mol. The van der Waals surface area contributed by atoms with Crippen molar-refractivity contribution in [2.75, 3.05) is 0 Å².